The lowest BCUT2D eigenvalue weighted by atomic mass is 10.0. The number of hydrogen-bond acceptors (Lipinski definition) is 6. The fourth-order valence-corrected chi connectivity index (χ4v) is 4.36. The maximum absolute atomic E-state index is 12.8. The monoisotopic (exact) mass is 433 g/mol. The quantitative estimate of drug-likeness (QED) is 0.632. The number of aromatic nitrogens is 1. The van der Waals surface area contributed by atoms with Crippen molar-refractivity contribution in [2.45, 2.75) is 25.3 Å². The van der Waals surface area contributed by atoms with E-state index in [-0.39, 0.29) is 17.6 Å². The maximum atomic E-state index is 12.8. The van der Waals surface area contributed by atoms with Gasteiger partial charge in [0.1, 0.15) is 13.2 Å². The first kappa shape index (κ1) is 20.6. The molecule has 2 aliphatic heterocycles. The van der Waals surface area contributed by atoms with E-state index in [9.17, 15) is 4.79 Å². The molecule has 166 valence electrons. The normalized spacial score (nSPS) is 17.0. The average Bonchev–Trinajstić information content (AvgIpc) is 3.36. The molecule has 1 unspecified atom stereocenters. The highest BCUT2D eigenvalue weighted by Gasteiger charge is 2.24. The van der Waals surface area contributed by atoms with Crippen molar-refractivity contribution in [1.82, 2.24) is 15.4 Å². The predicted molar refractivity (Wildman–Crippen MR) is 120 cm³/mol. The highest BCUT2D eigenvalue weighted by atomic mass is 16.6. The molecular weight excluding hydrogens is 406 g/mol. The van der Waals surface area contributed by atoms with E-state index in [0.717, 1.165) is 18.7 Å². The number of nitrogens with zero attached hydrogens (tertiary/aromatic N) is 2. The molecule has 0 radical (unpaired) electrons. The first-order valence-corrected chi connectivity index (χ1v) is 11.2. The minimum atomic E-state index is -0.240. The van der Waals surface area contributed by atoms with Crippen LogP contribution in [0.3, 0.4) is 0 Å². The van der Waals surface area contributed by atoms with Gasteiger partial charge in [-0.2, -0.15) is 0 Å². The molecule has 1 amide bonds. The molecule has 5 rings (SSSR count). The van der Waals surface area contributed by atoms with Crippen molar-refractivity contribution in [2.24, 2.45) is 0 Å². The minimum Gasteiger partial charge on any atom is -0.486 e. The van der Waals surface area contributed by atoms with Gasteiger partial charge in [0.05, 0.1) is 6.04 Å². The van der Waals surface area contributed by atoms with Crippen LogP contribution in [-0.4, -0.2) is 48.8 Å². The Morgan fingerprint density at radius 2 is 1.75 bits per heavy atom. The van der Waals surface area contributed by atoms with Crippen LogP contribution >= 0.6 is 0 Å². The fourth-order valence-electron chi connectivity index (χ4n) is 4.36. The van der Waals surface area contributed by atoms with Gasteiger partial charge in [-0.1, -0.05) is 41.9 Å². The lowest BCUT2D eigenvalue weighted by molar-refractivity contribution is 0.0915. The van der Waals surface area contributed by atoms with Gasteiger partial charge in [-0.3, -0.25) is 9.69 Å². The van der Waals surface area contributed by atoms with E-state index in [2.05, 4.69) is 27.5 Å². The van der Waals surface area contributed by atoms with Crippen molar-refractivity contribution in [3.63, 3.8) is 0 Å². The number of carbonyl (C=O) groups is 1. The number of carbonyl (C=O) groups excluding carboxylic acids is 1. The Balaban J connectivity index is 1.28. The van der Waals surface area contributed by atoms with Crippen molar-refractivity contribution in [1.29, 1.82) is 0 Å². The third-order valence-corrected chi connectivity index (χ3v) is 6.04. The van der Waals surface area contributed by atoms with Crippen LogP contribution in [0.1, 0.15) is 41.4 Å². The van der Waals surface area contributed by atoms with Crippen molar-refractivity contribution >= 4 is 5.91 Å². The molecule has 0 spiro atoms. The highest BCUT2D eigenvalue weighted by Crippen LogP contribution is 2.34. The van der Waals surface area contributed by atoms with E-state index >= 15 is 0 Å². The Bertz CT molecular complexity index is 1060. The van der Waals surface area contributed by atoms with Crippen LogP contribution in [-0.2, 0) is 0 Å². The van der Waals surface area contributed by atoms with Gasteiger partial charge in [0.2, 0.25) is 0 Å². The van der Waals surface area contributed by atoms with Crippen molar-refractivity contribution in [3.05, 3.63) is 65.9 Å². The molecule has 2 aromatic carbocycles. The summed E-state index contributed by atoms with van der Waals surface area (Å²) in [6.45, 7) is 3.68. The predicted octanol–water partition coefficient (Wildman–Crippen LogP) is 4.07. The first-order valence-electron chi connectivity index (χ1n) is 11.2. The standard InChI is InChI=1S/C25H27N3O4/c29-25(26-17-21(18-7-3-1-4-8-18)28-11-5-2-6-12-28)20-16-23(32-27-20)19-9-10-22-24(15-19)31-14-13-30-22/h1,3-4,7-10,15-16,21H,2,5-6,11-14,17H2,(H,26,29). The molecule has 1 saturated heterocycles. The topological polar surface area (TPSA) is 76.8 Å². The van der Waals surface area contributed by atoms with Gasteiger partial charge in [-0.25, -0.2) is 0 Å². The zero-order valence-corrected chi connectivity index (χ0v) is 18.0. The molecule has 3 aromatic rings. The summed E-state index contributed by atoms with van der Waals surface area (Å²) in [5.41, 5.74) is 2.27. The Morgan fingerprint density at radius 1 is 0.969 bits per heavy atom. The molecule has 32 heavy (non-hydrogen) atoms. The SMILES string of the molecule is O=C(NCC(c1ccccc1)N1CCCCC1)c1cc(-c2ccc3c(c2)OCCO3)on1. The highest BCUT2D eigenvalue weighted by molar-refractivity contribution is 5.93. The van der Waals surface area contributed by atoms with Gasteiger partial charge in [0.25, 0.3) is 5.91 Å². The van der Waals surface area contributed by atoms with Crippen LogP contribution in [0, 0.1) is 0 Å². The molecule has 7 heteroatoms. The first-order chi connectivity index (χ1) is 15.8. The fraction of sp³-hybridized carbons (Fsp3) is 0.360. The molecule has 1 fully saturated rings. The van der Waals surface area contributed by atoms with Gasteiger partial charge in [0, 0.05) is 18.2 Å². The lowest BCUT2D eigenvalue weighted by Crippen LogP contribution is -2.40. The third kappa shape index (κ3) is 4.48. The Hall–Kier alpha value is -3.32. The van der Waals surface area contributed by atoms with Crippen LogP contribution in [0.15, 0.2) is 59.1 Å². The van der Waals surface area contributed by atoms with Crippen LogP contribution in [0.25, 0.3) is 11.3 Å². The summed E-state index contributed by atoms with van der Waals surface area (Å²) < 4.78 is 16.6. The van der Waals surface area contributed by atoms with E-state index in [4.69, 9.17) is 14.0 Å². The molecule has 1 atom stereocenters. The number of ether oxygens (including phenoxy) is 2. The molecule has 0 bridgehead atoms. The van der Waals surface area contributed by atoms with E-state index in [1.807, 2.05) is 36.4 Å². The number of rotatable bonds is 6. The van der Waals surface area contributed by atoms with Crippen LogP contribution in [0.4, 0.5) is 0 Å². The van der Waals surface area contributed by atoms with E-state index < -0.39 is 0 Å². The number of hydrogen-bond donors (Lipinski definition) is 1. The van der Waals surface area contributed by atoms with E-state index in [0.29, 0.717) is 37.0 Å². The molecule has 0 saturated carbocycles. The zero-order chi connectivity index (χ0) is 21.8. The summed E-state index contributed by atoms with van der Waals surface area (Å²) in [5.74, 6) is 1.66. The zero-order valence-electron chi connectivity index (χ0n) is 18.0. The second-order valence-corrected chi connectivity index (χ2v) is 8.17. The van der Waals surface area contributed by atoms with Gasteiger partial charge in [-0.05, 0) is 49.7 Å². The number of fused-ring (bicyclic) bond motifs is 1. The van der Waals surface area contributed by atoms with E-state index in [1.165, 1.54) is 24.8 Å². The Morgan fingerprint density at radius 3 is 2.56 bits per heavy atom. The molecular formula is C25H27N3O4. The van der Waals surface area contributed by atoms with E-state index in [1.54, 1.807) is 6.07 Å². The Kier molecular flexibility index (Phi) is 6.07. The number of benzene rings is 2. The van der Waals surface area contributed by atoms with Crippen molar-refractivity contribution < 1.29 is 18.8 Å². The van der Waals surface area contributed by atoms with Crippen LogP contribution < -0.4 is 14.8 Å². The van der Waals surface area contributed by atoms with Crippen molar-refractivity contribution in [3.8, 4) is 22.8 Å². The third-order valence-electron chi connectivity index (χ3n) is 6.04. The van der Waals surface area contributed by atoms with Crippen LogP contribution in [0.2, 0.25) is 0 Å². The van der Waals surface area contributed by atoms with Gasteiger partial charge in [-0.15, -0.1) is 0 Å². The summed E-state index contributed by atoms with van der Waals surface area (Å²) in [6.07, 6.45) is 3.66. The lowest BCUT2D eigenvalue weighted by Gasteiger charge is -2.35. The second-order valence-electron chi connectivity index (χ2n) is 8.17. The second kappa shape index (κ2) is 9.44. The van der Waals surface area contributed by atoms with Gasteiger partial charge in [0.15, 0.2) is 23.0 Å². The summed E-state index contributed by atoms with van der Waals surface area (Å²) in [7, 11) is 0. The molecule has 1 aromatic heterocycles. The molecule has 1 N–H and O–H groups in total. The number of likely N-dealkylation sites (tertiary alicyclic amines) is 1. The summed E-state index contributed by atoms with van der Waals surface area (Å²) in [4.78, 5) is 15.3. The van der Waals surface area contributed by atoms with Crippen molar-refractivity contribution in [2.75, 3.05) is 32.8 Å². The smallest absolute Gasteiger partial charge is 0.273 e. The Labute approximate surface area is 187 Å². The minimum absolute atomic E-state index is 0.143. The summed E-state index contributed by atoms with van der Waals surface area (Å²) in [5, 5.41) is 7.06. The molecule has 2 aliphatic rings. The maximum Gasteiger partial charge on any atom is 0.273 e. The largest absolute Gasteiger partial charge is 0.486 e. The van der Waals surface area contributed by atoms with Gasteiger partial charge < -0.3 is 19.3 Å². The summed E-state index contributed by atoms with van der Waals surface area (Å²) >= 11 is 0. The average molecular weight is 434 g/mol. The number of piperidine rings is 1. The number of nitrogens with one attached hydrogen (secondary N) is 1. The number of amides is 1. The van der Waals surface area contributed by atoms with Crippen LogP contribution in [0.5, 0.6) is 11.5 Å². The van der Waals surface area contributed by atoms with Gasteiger partial charge >= 0.3 is 0 Å². The molecule has 7 nitrogen and oxygen atoms in total. The molecule has 0 aliphatic carbocycles. The molecule has 3 heterocycles. The summed E-state index contributed by atoms with van der Waals surface area (Å²) in [6, 6.07) is 17.7.